The molecule has 1 saturated carbocycles. The molecule has 0 bridgehead atoms. The highest BCUT2D eigenvalue weighted by Crippen LogP contribution is 2.51. The van der Waals surface area contributed by atoms with Crippen LogP contribution in [0, 0.1) is 5.92 Å². The number of piperidine rings is 1. The van der Waals surface area contributed by atoms with Crippen molar-refractivity contribution < 1.29 is 19.4 Å². The Morgan fingerprint density at radius 1 is 1.29 bits per heavy atom. The van der Waals surface area contributed by atoms with Gasteiger partial charge in [-0.1, -0.05) is 25.8 Å². The van der Waals surface area contributed by atoms with E-state index in [1.165, 1.54) is 0 Å². The van der Waals surface area contributed by atoms with Crippen LogP contribution < -0.4 is 14.8 Å². The van der Waals surface area contributed by atoms with Crippen molar-refractivity contribution in [2.75, 3.05) is 33.9 Å². The third-order valence-electron chi connectivity index (χ3n) is 6.35. The van der Waals surface area contributed by atoms with Crippen LogP contribution in [0.25, 0.3) is 0 Å². The fraction of sp³-hybridized carbons (Fsp3) is 0.682. The molecular formula is C22H34N2O4. The van der Waals surface area contributed by atoms with Crippen LogP contribution in [-0.4, -0.2) is 55.4 Å². The number of carbonyl (C=O) groups excluding carboxylic acids is 1. The normalized spacial score (nSPS) is 27.7. The van der Waals surface area contributed by atoms with E-state index in [1.54, 1.807) is 14.2 Å². The van der Waals surface area contributed by atoms with Gasteiger partial charge in [-0.05, 0) is 31.7 Å². The molecule has 2 N–H and O–H groups in total. The first-order valence-corrected chi connectivity index (χ1v) is 10.5. The average molecular weight is 391 g/mol. The molecule has 1 aromatic rings. The largest absolute Gasteiger partial charge is 0.497 e. The lowest BCUT2D eigenvalue weighted by atomic mass is 9.66. The first-order chi connectivity index (χ1) is 13.5. The first-order valence-electron chi connectivity index (χ1n) is 10.5. The predicted octanol–water partition coefficient (Wildman–Crippen LogP) is 2.90. The van der Waals surface area contributed by atoms with Gasteiger partial charge in [0.1, 0.15) is 11.5 Å². The smallest absolute Gasteiger partial charge is 0.234 e. The number of fused-ring (bicyclic) bond motifs is 1. The Hall–Kier alpha value is -1.79. The van der Waals surface area contributed by atoms with Crippen LogP contribution in [0.2, 0.25) is 0 Å². The Morgan fingerprint density at radius 2 is 2.11 bits per heavy atom. The molecule has 1 aromatic carbocycles. The van der Waals surface area contributed by atoms with Gasteiger partial charge < -0.3 is 19.9 Å². The second kappa shape index (κ2) is 9.14. The van der Waals surface area contributed by atoms with Crippen molar-refractivity contribution in [2.24, 2.45) is 5.92 Å². The van der Waals surface area contributed by atoms with E-state index in [0.717, 1.165) is 49.2 Å². The monoisotopic (exact) mass is 390 g/mol. The van der Waals surface area contributed by atoms with Gasteiger partial charge in [0, 0.05) is 36.7 Å². The molecule has 156 valence electrons. The molecule has 1 aliphatic heterocycles. The van der Waals surface area contributed by atoms with E-state index < -0.39 is 5.60 Å². The van der Waals surface area contributed by atoms with Crippen molar-refractivity contribution in [3.63, 3.8) is 0 Å². The number of hydrogen-bond acceptors (Lipinski definition) is 5. The molecule has 2 fully saturated rings. The average Bonchev–Trinajstić information content (AvgIpc) is 2.71. The molecule has 3 rings (SSSR count). The van der Waals surface area contributed by atoms with Crippen molar-refractivity contribution in [1.82, 2.24) is 10.2 Å². The van der Waals surface area contributed by atoms with Gasteiger partial charge in [-0.2, -0.15) is 0 Å². The van der Waals surface area contributed by atoms with Crippen molar-refractivity contribution in [2.45, 2.75) is 57.1 Å². The fourth-order valence-corrected chi connectivity index (χ4v) is 4.90. The Bertz CT molecular complexity index is 681. The van der Waals surface area contributed by atoms with Crippen LogP contribution >= 0.6 is 0 Å². The molecular weight excluding hydrogens is 356 g/mol. The summed E-state index contributed by atoms with van der Waals surface area (Å²) in [7, 11) is 3.30. The van der Waals surface area contributed by atoms with Crippen molar-refractivity contribution >= 4 is 5.91 Å². The Morgan fingerprint density at radius 3 is 2.82 bits per heavy atom. The van der Waals surface area contributed by atoms with Crippen LogP contribution in [0.3, 0.4) is 0 Å². The number of hydrogen-bond donors (Lipinski definition) is 2. The highest BCUT2D eigenvalue weighted by molar-refractivity contribution is 5.78. The fourth-order valence-electron chi connectivity index (χ4n) is 4.90. The first kappa shape index (κ1) is 20.9. The predicted molar refractivity (Wildman–Crippen MR) is 109 cm³/mol. The van der Waals surface area contributed by atoms with Gasteiger partial charge in [0.15, 0.2) is 0 Å². The van der Waals surface area contributed by atoms with Crippen LogP contribution in [0.4, 0.5) is 0 Å². The maximum atomic E-state index is 12.5. The molecule has 0 radical (unpaired) electrons. The lowest BCUT2D eigenvalue weighted by Gasteiger charge is -2.52. The minimum atomic E-state index is -0.662. The maximum absolute atomic E-state index is 12.5. The highest BCUT2D eigenvalue weighted by atomic mass is 16.5. The van der Waals surface area contributed by atoms with Crippen LogP contribution in [0.15, 0.2) is 18.2 Å². The standard InChI is InChI=1S/C22H34N2O4/c1-4-12-23-20(25)15-24-13-11-22(26)10-6-5-7-18(22)21(24)17-9-8-16(27-2)14-19(17)28-3/h8-9,14,18,21,26H,4-7,10-13,15H2,1-3H3,(H,23,25)/t18-,21+,22-/m1/s1. The van der Waals surface area contributed by atoms with E-state index in [4.69, 9.17) is 9.47 Å². The van der Waals surface area contributed by atoms with Gasteiger partial charge in [0.05, 0.1) is 26.4 Å². The lowest BCUT2D eigenvalue weighted by molar-refractivity contribution is -0.138. The Kier molecular flexibility index (Phi) is 6.83. The minimum absolute atomic E-state index is 0.0422. The van der Waals surface area contributed by atoms with Crippen molar-refractivity contribution in [3.05, 3.63) is 23.8 Å². The maximum Gasteiger partial charge on any atom is 0.234 e. The molecule has 0 spiro atoms. The van der Waals surface area contributed by atoms with Gasteiger partial charge in [-0.3, -0.25) is 9.69 Å². The lowest BCUT2D eigenvalue weighted by Crippen LogP contribution is -2.56. The molecule has 2 aliphatic rings. The van der Waals surface area contributed by atoms with Crippen molar-refractivity contribution in [1.29, 1.82) is 0 Å². The van der Waals surface area contributed by atoms with Gasteiger partial charge in [-0.15, -0.1) is 0 Å². The zero-order valence-corrected chi connectivity index (χ0v) is 17.4. The zero-order valence-electron chi connectivity index (χ0n) is 17.4. The molecule has 1 heterocycles. The SMILES string of the molecule is CCCNC(=O)CN1CC[C@]2(O)CCCC[C@@H]2[C@@H]1c1ccc(OC)cc1OC. The molecule has 6 nitrogen and oxygen atoms in total. The summed E-state index contributed by atoms with van der Waals surface area (Å²) in [6.45, 7) is 3.78. The van der Waals surface area contributed by atoms with E-state index in [0.29, 0.717) is 26.1 Å². The summed E-state index contributed by atoms with van der Waals surface area (Å²) in [4.78, 5) is 14.7. The van der Waals surface area contributed by atoms with Crippen LogP contribution in [0.5, 0.6) is 11.5 Å². The number of carbonyl (C=O) groups is 1. The van der Waals surface area contributed by atoms with Crippen LogP contribution in [-0.2, 0) is 4.79 Å². The van der Waals surface area contributed by atoms with Gasteiger partial charge >= 0.3 is 0 Å². The van der Waals surface area contributed by atoms with E-state index in [1.807, 2.05) is 25.1 Å². The number of nitrogens with one attached hydrogen (secondary N) is 1. The third kappa shape index (κ3) is 4.28. The minimum Gasteiger partial charge on any atom is -0.497 e. The topological polar surface area (TPSA) is 71.0 Å². The number of amides is 1. The summed E-state index contributed by atoms with van der Waals surface area (Å²) in [6, 6.07) is 5.80. The summed E-state index contributed by atoms with van der Waals surface area (Å²) in [5, 5.41) is 14.4. The number of ether oxygens (including phenoxy) is 2. The molecule has 1 aliphatic carbocycles. The van der Waals surface area contributed by atoms with Crippen LogP contribution in [0.1, 0.15) is 57.1 Å². The van der Waals surface area contributed by atoms with E-state index in [-0.39, 0.29) is 17.9 Å². The molecule has 1 amide bonds. The number of benzene rings is 1. The Labute approximate surface area is 168 Å². The van der Waals surface area contributed by atoms with E-state index in [9.17, 15) is 9.90 Å². The second-order valence-corrected chi connectivity index (χ2v) is 8.08. The number of aliphatic hydroxyl groups is 1. The molecule has 3 atom stereocenters. The number of likely N-dealkylation sites (tertiary alicyclic amines) is 1. The van der Waals surface area contributed by atoms with Gasteiger partial charge in [0.2, 0.25) is 5.91 Å². The summed E-state index contributed by atoms with van der Waals surface area (Å²) in [5.41, 5.74) is 0.362. The van der Waals surface area contributed by atoms with E-state index in [2.05, 4.69) is 10.2 Å². The second-order valence-electron chi connectivity index (χ2n) is 8.08. The Balaban J connectivity index is 1.95. The summed E-state index contributed by atoms with van der Waals surface area (Å²) in [5.74, 6) is 1.62. The van der Waals surface area contributed by atoms with Crippen molar-refractivity contribution in [3.8, 4) is 11.5 Å². The molecule has 6 heteroatoms. The molecule has 0 unspecified atom stereocenters. The molecule has 0 aromatic heterocycles. The van der Waals surface area contributed by atoms with Gasteiger partial charge in [-0.25, -0.2) is 0 Å². The van der Waals surface area contributed by atoms with E-state index >= 15 is 0 Å². The number of rotatable bonds is 7. The highest BCUT2D eigenvalue weighted by Gasteiger charge is 2.49. The number of nitrogens with zero attached hydrogens (tertiary/aromatic N) is 1. The number of methoxy groups -OCH3 is 2. The molecule has 1 saturated heterocycles. The van der Waals surface area contributed by atoms with Gasteiger partial charge in [0.25, 0.3) is 0 Å². The zero-order chi connectivity index (χ0) is 20.1. The quantitative estimate of drug-likeness (QED) is 0.749. The molecule has 28 heavy (non-hydrogen) atoms. The summed E-state index contributed by atoms with van der Waals surface area (Å²) >= 11 is 0. The summed E-state index contributed by atoms with van der Waals surface area (Å²) < 4.78 is 11.0. The summed E-state index contributed by atoms with van der Waals surface area (Å²) in [6.07, 6.45) is 5.61. The third-order valence-corrected chi connectivity index (χ3v) is 6.35.